The molecule has 0 radical (unpaired) electrons. The van der Waals surface area contributed by atoms with E-state index in [1.54, 1.807) is 11.9 Å². The van der Waals surface area contributed by atoms with Crippen LogP contribution in [0.2, 0.25) is 0 Å². The molecule has 0 saturated carbocycles. The van der Waals surface area contributed by atoms with Gasteiger partial charge in [-0.05, 0) is 19.3 Å². The van der Waals surface area contributed by atoms with E-state index in [-0.39, 0.29) is 6.03 Å². The molecule has 7 nitrogen and oxygen atoms in total. The highest BCUT2D eigenvalue weighted by Crippen LogP contribution is 2.20. The Bertz CT molecular complexity index is 633. The van der Waals surface area contributed by atoms with Crippen molar-refractivity contribution in [2.75, 3.05) is 18.9 Å². The van der Waals surface area contributed by atoms with Gasteiger partial charge in [-0.15, -0.1) is 0 Å². The second-order valence-electron chi connectivity index (χ2n) is 5.56. The van der Waals surface area contributed by atoms with Crippen molar-refractivity contribution in [3.05, 3.63) is 30.0 Å². The number of rotatable bonds is 3. The summed E-state index contributed by atoms with van der Waals surface area (Å²) < 4.78 is 6.98. The highest BCUT2D eigenvalue weighted by Gasteiger charge is 2.22. The van der Waals surface area contributed by atoms with Crippen molar-refractivity contribution in [3.8, 4) is 0 Å². The second kappa shape index (κ2) is 5.59. The van der Waals surface area contributed by atoms with Crippen molar-refractivity contribution in [1.29, 1.82) is 0 Å². The molecular formula is C14H19N5O2. The zero-order valence-electron chi connectivity index (χ0n) is 12.2. The van der Waals surface area contributed by atoms with Crippen LogP contribution in [-0.2, 0) is 13.0 Å². The minimum atomic E-state index is -0.163. The van der Waals surface area contributed by atoms with Gasteiger partial charge in [0.2, 0.25) is 0 Å². The zero-order valence-corrected chi connectivity index (χ0v) is 12.2. The van der Waals surface area contributed by atoms with Crippen molar-refractivity contribution in [3.63, 3.8) is 0 Å². The van der Waals surface area contributed by atoms with E-state index in [9.17, 15) is 4.79 Å². The van der Waals surface area contributed by atoms with Crippen LogP contribution < -0.4 is 5.32 Å². The van der Waals surface area contributed by atoms with Crippen molar-refractivity contribution in [2.45, 2.75) is 26.3 Å². The third kappa shape index (κ3) is 2.91. The summed E-state index contributed by atoms with van der Waals surface area (Å²) >= 11 is 0. The van der Waals surface area contributed by atoms with Crippen LogP contribution in [0, 0.1) is 12.8 Å². The third-order valence-corrected chi connectivity index (χ3v) is 3.88. The van der Waals surface area contributed by atoms with Crippen LogP contribution >= 0.6 is 0 Å². The molecule has 112 valence electrons. The van der Waals surface area contributed by atoms with Crippen LogP contribution in [0.3, 0.4) is 0 Å². The quantitative estimate of drug-likeness (QED) is 0.936. The lowest BCUT2D eigenvalue weighted by molar-refractivity contribution is 0.205. The Morgan fingerprint density at radius 3 is 3.24 bits per heavy atom. The van der Waals surface area contributed by atoms with E-state index in [1.165, 1.54) is 6.26 Å². The molecule has 1 aliphatic heterocycles. The molecule has 0 bridgehead atoms. The smallest absolute Gasteiger partial charge is 0.322 e. The number of aryl methyl sites for hydroxylation is 2. The summed E-state index contributed by atoms with van der Waals surface area (Å²) in [6.07, 6.45) is 7.37. The molecule has 1 N–H and O–H groups in total. The number of hydrogen-bond acceptors (Lipinski definition) is 4. The predicted octanol–water partition coefficient (Wildman–Crippen LogP) is 1.91. The number of fused-ring (bicyclic) bond motifs is 1. The largest absolute Gasteiger partial charge is 0.362 e. The Morgan fingerprint density at radius 1 is 1.62 bits per heavy atom. The molecule has 2 aromatic rings. The Hall–Kier alpha value is -2.31. The van der Waals surface area contributed by atoms with E-state index in [0.29, 0.717) is 18.3 Å². The fourth-order valence-electron chi connectivity index (χ4n) is 2.66. The van der Waals surface area contributed by atoms with Gasteiger partial charge in [-0.2, -0.15) is 0 Å². The number of anilines is 1. The highest BCUT2D eigenvalue weighted by molar-refractivity contribution is 5.88. The molecule has 0 aliphatic carbocycles. The van der Waals surface area contributed by atoms with Gasteiger partial charge in [0.1, 0.15) is 12.1 Å². The molecule has 0 aromatic carbocycles. The summed E-state index contributed by atoms with van der Waals surface area (Å²) in [7, 11) is 1.80. The summed E-state index contributed by atoms with van der Waals surface area (Å²) in [4.78, 5) is 18.2. The summed E-state index contributed by atoms with van der Waals surface area (Å²) in [6.45, 7) is 3.46. The number of nitrogens with zero attached hydrogens (tertiary/aromatic N) is 4. The first-order chi connectivity index (χ1) is 10.1. The van der Waals surface area contributed by atoms with Gasteiger partial charge >= 0.3 is 6.03 Å². The van der Waals surface area contributed by atoms with E-state index in [1.807, 2.05) is 19.3 Å². The van der Waals surface area contributed by atoms with Crippen LogP contribution in [0.5, 0.6) is 0 Å². The minimum Gasteiger partial charge on any atom is -0.362 e. The maximum Gasteiger partial charge on any atom is 0.322 e. The van der Waals surface area contributed by atoms with Crippen LogP contribution in [0.25, 0.3) is 0 Å². The molecule has 3 rings (SSSR count). The van der Waals surface area contributed by atoms with Crippen LogP contribution in [0.15, 0.2) is 23.2 Å². The number of amides is 2. The van der Waals surface area contributed by atoms with Crippen LogP contribution in [0.1, 0.15) is 17.8 Å². The fourth-order valence-corrected chi connectivity index (χ4v) is 2.66. The molecule has 1 aliphatic rings. The minimum absolute atomic E-state index is 0.163. The van der Waals surface area contributed by atoms with Gasteiger partial charge in [0.15, 0.2) is 5.82 Å². The molecule has 0 spiro atoms. The number of imidazole rings is 1. The van der Waals surface area contributed by atoms with E-state index < -0.39 is 0 Å². The standard InChI is InChI=1S/C14H19N5O2/c1-10-9-21-17-13(10)16-14(20)18(2)7-11-3-4-12-15-5-6-19(12)8-11/h5-6,9,11H,3-4,7-8H2,1-2H3,(H,16,17,20)/t11-/m1/s1. The first-order valence-corrected chi connectivity index (χ1v) is 7.06. The summed E-state index contributed by atoms with van der Waals surface area (Å²) in [5.41, 5.74) is 0.817. The van der Waals surface area contributed by atoms with Gasteiger partial charge < -0.3 is 14.0 Å². The van der Waals surface area contributed by atoms with Gasteiger partial charge in [-0.1, -0.05) is 5.16 Å². The number of carbonyl (C=O) groups excluding carboxylic acids is 1. The van der Waals surface area contributed by atoms with Crippen LogP contribution in [-0.4, -0.2) is 39.2 Å². The summed E-state index contributed by atoms with van der Waals surface area (Å²) in [5.74, 6) is 2.06. The monoisotopic (exact) mass is 289 g/mol. The maximum atomic E-state index is 12.1. The Morgan fingerprint density at radius 2 is 2.48 bits per heavy atom. The molecule has 2 amide bonds. The van der Waals surface area contributed by atoms with Crippen molar-refractivity contribution in [2.24, 2.45) is 5.92 Å². The number of aromatic nitrogens is 3. The van der Waals surface area contributed by atoms with Crippen molar-refractivity contribution < 1.29 is 9.32 Å². The number of carbonyl (C=O) groups is 1. The van der Waals surface area contributed by atoms with E-state index >= 15 is 0 Å². The fraction of sp³-hybridized carbons (Fsp3) is 0.500. The second-order valence-corrected chi connectivity index (χ2v) is 5.56. The average Bonchev–Trinajstić information content (AvgIpc) is 3.07. The molecule has 7 heteroatoms. The summed E-state index contributed by atoms with van der Waals surface area (Å²) in [6, 6.07) is -0.163. The molecule has 1 atom stereocenters. The van der Waals surface area contributed by atoms with Crippen molar-refractivity contribution >= 4 is 11.8 Å². The average molecular weight is 289 g/mol. The van der Waals surface area contributed by atoms with Crippen molar-refractivity contribution in [1.82, 2.24) is 19.6 Å². The van der Waals surface area contributed by atoms with E-state index in [4.69, 9.17) is 4.52 Å². The molecule has 21 heavy (non-hydrogen) atoms. The summed E-state index contributed by atoms with van der Waals surface area (Å²) in [5, 5.41) is 6.52. The Balaban J connectivity index is 1.56. The zero-order chi connectivity index (χ0) is 14.8. The van der Waals surface area contributed by atoms with Gasteiger partial charge in [0.05, 0.1) is 0 Å². The number of hydrogen-bond donors (Lipinski definition) is 1. The Labute approximate surface area is 122 Å². The molecule has 2 aromatic heterocycles. The third-order valence-electron chi connectivity index (χ3n) is 3.88. The first-order valence-electron chi connectivity index (χ1n) is 7.06. The molecule has 0 unspecified atom stereocenters. The van der Waals surface area contributed by atoms with E-state index in [0.717, 1.165) is 30.8 Å². The maximum absolute atomic E-state index is 12.1. The predicted molar refractivity (Wildman–Crippen MR) is 76.9 cm³/mol. The number of urea groups is 1. The topological polar surface area (TPSA) is 76.2 Å². The molecule has 0 saturated heterocycles. The van der Waals surface area contributed by atoms with Gasteiger partial charge in [-0.3, -0.25) is 5.32 Å². The first kappa shape index (κ1) is 13.7. The lowest BCUT2D eigenvalue weighted by atomic mass is 9.99. The van der Waals surface area contributed by atoms with E-state index in [2.05, 4.69) is 20.0 Å². The highest BCUT2D eigenvalue weighted by atomic mass is 16.5. The molecular weight excluding hydrogens is 270 g/mol. The molecule has 3 heterocycles. The van der Waals surface area contributed by atoms with Gasteiger partial charge in [0, 0.05) is 44.5 Å². The van der Waals surface area contributed by atoms with Crippen LogP contribution in [0.4, 0.5) is 10.6 Å². The Kier molecular flexibility index (Phi) is 3.64. The SMILES string of the molecule is Cc1conc1NC(=O)N(C)C[C@H]1CCc2nccn2C1. The van der Waals surface area contributed by atoms with Gasteiger partial charge in [0.25, 0.3) is 0 Å². The normalized spacial score (nSPS) is 17.3. The number of nitrogens with one attached hydrogen (secondary N) is 1. The lowest BCUT2D eigenvalue weighted by Gasteiger charge is -2.28. The van der Waals surface area contributed by atoms with Gasteiger partial charge in [-0.25, -0.2) is 9.78 Å². The lowest BCUT2D eigenvalue weighted by Crippen LogP contribution is -2.38. The molecule has 0 fully saturated rings.